The lowest BCUT2D eigenvalue weighted by molar-refractivity contribution is 0.212. The van der Waals surface area contributed by atoms with Crippen LogP contribution in [0.2, 0.25) is 5.02 Å². The third-order valence-corrected chi connectivity index (χ3v) is 3.09. The van der Waals surface area contributed by atoms with Gasteiger partial charge in [0.2, 0.25) is 0 Å². The molecule has 2 aromatic rings. The molecule has 0 aromatic heterocycles. The molecule has 2 nitrogen and oxygen atoms in total. The molecule has 4 heteroatoms. The van der Waals surface area contributed by atoms with E-state index in [2.05, 4.69) is 0 Å². The summed E-state index contributed by atoms with van der Waals surface area (Å²) in [5.41, 5.74) is 7.38. The first-order chi connectivity index (χ1) is 9.10. The summed E-state index contributed by atoms with van der Waals surface area (Å²) < 4.78 is 19.1. The molecule has 19 heavy (non-hydrogen) atoms. The predicted molar refractivity (Wildman–Crippen MR) is 75.0 cm³/mol. The van der Waals surface area contributed by atoms with Crippen LogP contribution >= 0.6 is 11.6 Å². The van der Waals surface area contributed by atoms with Gasteiger partial charge in [-0.05, 0) is 42.3 Å². The number of rotatable bonds is 4. The van der Waals surface area contributed by atoms with Gasteiger partial charge in [-0.15, -0.1) is 0 Å². The molecule has 0 heterocycles. The summed E-state index contributed by atoms with van der Waals surface area (Å²) in [4.78, 5) is 0. The fourth-order valence-corrected chi connectivity index (χ4v) is 1.98. The highest BCUT2D eigenvalue weighted by Gasteiger charge is 2.13. The van der Waals surface area contributed by atoms with Gasteiger partial charge in [0.1, 0.15) is 17.7 Å². The van der Waals surface area contributed by atoms with Crippen LogP contribution in [-0.2, 0) is 0 Å². The first-order valence-corrected chi connectivity index (χ1v) is 6.36. The first-order valence-electron chi connectivity index (χ1n) is 5.98. The Morgan fingerprint density at radius 2 is 2.05 bits per heavy atom. The lowest BCUT2D eigenvalue weighted by Crippen LogP contribution is -2.19. The molecule has 0 fully saturated rings. The molecule has 0 saturated carbocycles. The molecule has 0 aliphatic carbocycles. The molecule has 2 N–H and O–H groups in total. The Labute approximate surface area is 117 Å². The molecule has 0 spiro atoms. The molecule has 1 atom stereocenters. The largest absolute Gasteiger partial charge is 0.484 e. The molecule has 2 rings (SSSR count). The van der Waals surface area contributed by atoms with Crippen LogP contribution in [0.25, 0.3) is 0 Å². The van der Waals surface area contributed by atoms with E-state index in [0.717, 1.165) is 5.56 Å². The summed E-state index contributed by atoms with van der Waals surface area (Å²) in [6.07, 6.45) is -0.395. The van der Waals surface area contributed by atoms with Crippen LogP contribution in [0.5, 0.6) is 5.75 Å². The summed E-state index contributed by atoms with van der Waals surface area (Å²) in [7, 11) is 0. The van der Waals surface area contributed by atoms with E-state index in [-0.39, 0.29) is 12.4 Å². The van der Waals surface area contributed by atoms with Crippen molar-refractivity contribution in [3.8, 4) is 5.75 Å². The van der Waals surface area contributed by atoms with E-state index in [4.69, 9.17) is 22.1 Å². The summed E-state index contributed by atoms with van der Waals surface area (Å²) in [6, 6.07) is 11.7. The normalized spacial score (nSPS) is 12.2. The van der Waals surface area contributed by atoms with E-state index >= 15 is 0 Å². The minimum Gasteiger partial charge on any atom is -0.484 e. The minimum absolute atomic E-state index is 0.259. The number of nitrogens with two attached hydrogens (primary N) is 1. The Bertz CT molecular complexity index is 574. The first kappa shape index (κ1) is 13.8. The molecule has 1 unspecified atom stereocenters. The van der Waals surface area contributed by atoms with E-state index in [0.29, 0.717) is 16.3 Å². The van der Waals surface area contributed by atoms with E-state index in [1.807, 2.05) is 13.0 Å². The molecule has 0 saturated heterocycles. The highest BCUT2D eigenvalue weighted by molar-refractivity contribution is 6.30. The second-order valence-corrected chi connectivity index (χ2v) is 4.74. The summed E-state index contributed by atoms with van der Waals surface area (Å²) >= 11 is 5.94. The zero-order chi connectivity index (χ0) is 13.8. The maximum absolute atomic E-state index is 13.2. The van der Waals surface area contributed by atoms with Crippen molar-refractivity contribution in [3.63, 3.8) is 0 Å². The highest BCUT2D eigenvalue weighted by Crippen LogP contribution is 2.27. The highest BCUT2D eigenvalue weighted by atomic mass is 35.5. The summed E-state index contributed by atoms with van der Waals surface area (Å²) in [5, 5.41) is 0.593. The number of halogens is 2. The lowest BCUT2D eigenvalue weighted by atomic mass is 10.1. The minimum atomic E-state index is -0.395. The van der Waals surface area contributed by atoms with Crippen LogP contribution < -0.4 is 10.5 Å². The second-order valence-electron chi connectivity index (χ2n) is 4.31. The van der Waals surface area contributed by atoms with Crippen LogP contribution in [0, 0.1) is 12.7 Å². The number of benzene rings is 2. The number of ether oxygens (including phenoxy) is 1. The van der Waals surface area contributed by atoms with Crippen LogP contribution in [0.4, 0.5) is 4.39 Å². The van der Waals surface area contributed by atoms with Crippen molar-refractivity contribution < 1.29 is 9.13 Å². The number of aryl methyl sites for hydroxylation is 1. The Morgan fingerprint density at radius 1 is 1.26 bits per heavy atom. The van der Waals surface area contributed by atoms with Gasteiger partial charge in [0.25, 0.3) is 0 Å². The molecule has 2 aromatic carbocycles. The molecule has 0 amide bonds. The molecule has 0 radical (unpaired) electrons. The monoisotopic (exact) mass is 279 g/mol. The lowest BCUT2D eigenvalue weighted by Gasteiger charge is -2.19. The van der Waals surface area contributed by atoms with Crippen LogP contribution in [-0.4, -0.2) is 6.54 Å². The van der Waals surface area contributed by atoms with Crippen molar-refractivity contribution in [1.82, 2.24) is 0 Å². The van der Waals surface area contributed by atoms with Gasteiger partial charge >= 0.3 is 0 Å². The van der Waals surface area contributed by atoms with E-state index in [1.165, 1.54) is 12.1 Å². The zero-order valence-corrected chi connectivity index (χ0v) is 11.3. The Kier molecular flexibility index (Phi) is 4.40. The molecule has 0 aliphatic heterocycles. The van der Waals surface area contributed by atoms with E-state index in [1.54, 1.807) is 24.3 Å². The van der Waals surface area contributed by atoms with Crippen molar-refractivity contribution in [2.75, 3.05) is 6.54 Å². The SMILES string of the molecule is Cc1ccc(Cl)cc1OC(CN)c1cccc(F)c1. The van der Waals surface area contributed by atoms with Gasteiger partial charge in [-0.25, -0.2) is 4.39 Å². The maximum Gasteiger partial charge on any atom is 0.136 e. The van der Waals surface area contributed by atoms with Crippen LogP contribution in [0.1, 0.15) is 17.2 Å². The van der Waals surface area contributed by atoms with Crippen molar-refractivity contribution in [2.45, 2.75) is 13.0 Å². The standard InChI is InChI=1S/C15H15ClFNO/c1-10-5-6-12(16)8-14(10)19-15(9-18)11-3-2-4-13(17)7-11/h2-8,15H,9,18H2,1H3. The van der Waals surface area contributed by atoms with Crippen LogP contribution in [0.3, 0.4) is 0 Å². The molecule has 0 bridgehead atoms. The number of hydrogen-bond acceptors (Lipinski definition) is 2. The maximum atomic E-state index is 13.2. The smallest absolute Gasteiger partial charge is 0.136 e. The average Bonchev–Trinajstić information content (AvgIpc) is 2.39. The van der Waals surface area contributed by atoms with Gasteiger partial charge in [-0.3, -0.25) is 0 Å². The third kappa shape index (κ3) is 3.46. The Hall–Kier alpha value is -1.58. The predicted octanol–water partition coefficient (Wildman–Crippen LogP) is 3.87. The summed E-state index contributed by atoms with van der Waals surface area (Å²) in [6.45, 7) is 2.18. The quantitative estimate of drug-likeness (QED) is 0.922. The average molecular weight is 280 g/mol. The molecular formula is C15H15ClFNO. The zero-order valence-electron chi connectivity index (χ0n) is 10.6. The molecule has 100 valence electrons. The van der Waals surface area contributed by atoms with Crippen LogP contribution in [0.15, 0.2) is 42.5 Å². The fraction of sp³-hybridized carbons (Fsp3) is 0.200. The topological polar surface area (TPSA) is 35.2 Å². The molecular weight excluding hydrogens is 265 g/mol. The van der Waals surface area contributed by atoms with Crippen molar-refractivity contribution in [1.29, 1.82) is 0 Å². The summed E-state index contributed by atoms with van der Waals surface area (Å²) in [5.74, 6) is 0.356. The molecule has 0 aliphatic rings. The number of hydrogen-bond donors (Lipinski definition) is 1. The van der Waals surface area contributed by atoms with E-state index < -0.39 is 6.10 Å². The Morgan fingerprint density at radius 3 is 2.74 bits per heavy atom. The fourth-order valence-electron chi connectivity index (χ4n) is 1.81. The van der Waals surface area contributed by atoms with Crippen molar-refractivity contribution in [3.05, 3.63) is 64.4 Å². The van der Waals surface area contributed by atoms with Gasteiger partial charge < -0.3 is 10.5 Å². The van der Waals surface area contributed by atoms with E-state index in [9.17, 15) is 4.39 Å². The van der Waals surface area contributed by atoms with Gasteiger partial charge in [0, 0.05) is 11.6 Å². The van der Waals surface area contributed by atoms with Crippen molar-refractivity contribution >= 4 is 11.6 Å². The van der Waals surface area contributed by atoms with Gasteiger partial charge in [0.05, 0.1) is 0 Å². The third-order valence-electron chi connectivity index (χ3n) is 2.85. The Balaban J connectivity index is 2.26. The van der Waals surface area contributed by atoms with Gasteiger partial charge in [0.15, 0.2) is 0 Å². The van der Waals surface area contributed by atoms with Gasteiger partial charge in [-0.2, -0.15) is 0 Å². The van der Waals surface area contributed by atoms with Crippen molar-refractivity contribution in [2.24, 2.45) is 5.73 Å². The second kappa shape index (κ2) is 6.04. The van der Waals surface area contributed by atoms with Gasteiger partial charge in [-0.1, -0.05) is 29.8 Å².